The molecule has 1 saturated heterocycles. The fourth-order valence-corrected chi connectivity index (χ4v) is 1.86. The summed E-state index contributed by atoms with van der Waals surface area (Å²) in [5, 5.41) is 0. The van der Waals surface area contributed by atoms with Crippen molar-refractivity contribution in [2.75, 3.05) is 33.4 Å². The average molecular weight is 215 g/mol. The molecule has 0 radical (unpaired) electrons. The van der Waals surface area contributed by atoms with Crippen LogP contribution in [0.25, 0.3) is 0 Å². The Morgan fingerprint density at radius 1 is 1.33 bits per heavy atom. The Morgan fingerprint density at radius 3 is 2.60 bits per heavy atom. The maximum atomic E-state index is 5.68. The normalized spacial score (nSPS) is 23.6. The van der Waals surface area contributed by atoms with Gasteiger partial charge in [0, 0.05) is 33.4 Å². The second-order valence-corrected chi connectivity index (χ2v) is 5.26. The summed E-state index contributed by atoms with van der Waals surface area (Å²) >= 11 is 0. The molecular weight excluding hydrogens is 190 g/mol. The van der Waals surface area contributed by atoms with Gasteiger partial charge in [-0.15, -0.1) is 0 Å². The van der Waals surface area contributed by atoms with Crippen LogP contribution in [0.2, 0.25) is 0 Å². The van der Waals surface area contributed by atoms with Gasteiger partial charge in [0.15, 0.2) is 0 Å². The molecule has 0 saturated carbocycles. The molecular formula is C12H25NO2. The van der Waals surface area contributed by atoms with Gasteiger partial charge in [-0.1, -0.05) is 0 Å². The van der Waals surface area contributed by atoms with Crippen LogP contribution >= 0.6 is 0 Å². The standard InChI is InChI=1S/C12H25NO2/c1-12(2,3)15-9-5-7-13-8-6-11(10-13)14-4/h11H,5-10H2,1-4H3. The molecule has 0 aromatic rings. The zero-order chi connectivity index (χ0) is 11.3. The molecule has 1 atom stereocenters. The third-order valence-corrected chi connectivity index (χ3v) is 2.72. The summed E-state index contributed by atoms with van der Waals surface area (Å²) in [6.45, 7) is 10.6. The fraction of sp³-hybridized carbons (Fsp3) is 1.00. The first kappa shape index (κ1) is 12.9. The quantitative estimate of drug-likeness (QED) is 0.654. The lowest BCUT2D eigenvalue weighted by Crippen LogP contribution is -2.26. The summed E-state index contributed by atoms with van der Waals surface area (Å²) in [5.74, 6) is 0. The van der Waals surface area contributed by atoms with Gasteiger partial charge in [-0.3, -0.25) is 0 Å². The van der Waals surface area contributed by atoms with Crippen LogP contribution in [0.1, 0.15) is 33.6 Å². The molecule has 15 heavy (non-hydrogen) atoms. The van der Waals surface area contributed by atoms with Crippen molar-refractivity contribution in [3.63, 3.8) is 0 Å². The molecule has 1 unspecified atom stereocenters. The Kier molecular flexibility index (Phi) is 5.03. The van der Waals surface area contributed by atoms with E-state index in [0.29, 0.717) is 6.10 Å². The van der Waals surface area contributed by atoms with Gasteiger partial charge in [0.05, 0.1) is 11.7 Å². The number of hydrogen-bond acceptors (Lipinski definition) is 3. The average Bonchev–Trinajstić information content (AvgIpc) is 2.59. The first-order chi connectivity index (χ1) is 7.01. The molecule has 1 heterocycles. The molecule has 1 aliphatic rings. The number of likely N-dealkylation sites (tertiary alicyclic amines) is 1. The van der Waals surface area contributed by atoms with Crippen LogP contribution in [0.15, 0.2) is 0 Å². The van der Waals surface area contributed by atoms with Crippen molar-refractivity contribution in [2.24, 2.45) is 0 Å². The highest BCUT2D eigenvalue weighted by molar-refractivity contribution is 4.75. The Balaban J connectivity index is 2.02. The van der Waals surface area contributed by atoms with Gasteiger partial charge in [-0.05, 0) is 33.6 Å². The second kappa shape index (κ2) is 5.83. The van der Waals surface area contributed by atoms with Crippen LogP contribution in [0.5, 0.6) is 0 Å². The Morgan fingerprint density at radius 2 is 2.07 bits per heavy atom. The van der Waals surface area contributed by atoms with Crippen LogP contribution in [0.3, 0.4) is 0 Å². The van der Waals surface area contributed by atoms with E-state index in [9.17, 15) is 0 Å². The SMILES string of the molecule is COC1CCN(CCCOC(C)(C)C)C1. The van der Waals surface area contributed by atoms with Gasteiger partial charge < -0.3 is 14.4 Å². The van der Waals surface area contributed by atoms with E-state index in [-0.39, 0.29) is 5.60 Å². The minimum atomic E-state index is 0.0000737. The Bertz CT molecular complexity index is 177. The number of hydrogen-bond donors (Lipinski definition) is 0. The van der Waals surface area contributed by atoms with Crippen molar-refractivity contribution >= 4 is 0 Å². The summed E-state index contributed by atoms with van der Waals surface area (Å²) in [5.41, 5.74) is 0.0000737. The van der Waals surface area contributed by atoms with Crippen molar-refractivity contribution in [3.8, 4) is 0 Å². The maximum Gasteiger partial charge on any atom is 0.0710 e. The van der Waals surface area contributed by atoms with Crippen molar-refractivity contribution in [3.05, 3.63) is 0 Å². The van der Waals surface area contributed by atoms with Crippen LogP contribution in [0, 0.1) is 0 Å². The lowest BCUT2D eigenvalue weighted by atomic mass is 10.2. The Labute approximate surface area is 93.7 Å². The van der Waals surface area contributed by atoms with E-state index in [0.717, 1.165) is 26.1 Å². The molecule has 0 aromatic carbocycles. The van der Waals surface area contributed by atoms with E-state index in [1.54, 1.807) is 7.11 Å². The number of rotatable bonds is 5. The first-order valence-electron chi connectivity index (χ1n) is 5.90. The summed E-state index contributed by atoms with van der Waals surface area (Å²) in [6.07, 6.45) is 2.75. The van der Waals surface area contributed by atoms with E-state index in [1.165, 1.54) is 13.0 Å². The highest BCUT2D eigenvalue weighted by Gasteiger charge is 2.21. The monoisotopic (exact) mass is 215 g/mol. The van der Waals surface area contributed by atoms with Gasteiger partial charge >= 0.3 is 0 Å². The maximum absolute atomic E-state index is 5.68. The van der Waals surface area contributed by atoms with Gasteiger partial charge in [0.25, 0.3) is 0 Å². The van der Waals surface area contributed by atoms with Crippen molar-refractivity contribution in [1.82, 2.24) is 4.90 Å². The molecule has 0 bridgehead atoms. The molecule has 3 heteroatoms. The van der Waals surface area contributed by atoms with E-state index in [2.05, 4.69) is 25.7 Å². The van der Waals surface area contributed by atoms with Crippen LogP contribution < -0.4 is 0 Å². The van der Waals surface area contributed by atoms with E-state index in [1.807, 2.05) is 0 Å². The molecule has 90 valence electrons. The lowest BCUT2D eigenvalue weighted by Gasteiger charge is -2.21. The number of ether oxygens (including phenoxy) is 2. The van der Waals surface area contributed by atoms with Crippen molar-refractivity contribution in [1.29, 1.82) is 0 Å². The first-order valence-corrected chi connectivity index (χ1v) is 5.90. The molecule has 1 rings (SSSR count). The molecule has 1 aliphatic heterocycles. The van der Waals surface area contributed by atoms with Crippen LogP contribution in [0.4, 0.5) is 0 Å². The molecule has 3 nitrogen and oxygen atoms in total. The minimum absolute atomic E-state index is 0.0000737. The smallest absolute Gasteiger partial charge is 0.0710 e. The van der Waals surface area contributed by atoms with E-state index >= 15 is 0 Å². The summed E-state index contributed by atoms with van der Waals surface area (Å²) in [7, 11) is 1.80. The topological polar surface area (TPSA) is 21.7 Å². The number of methoxy groups -OCH3 is 1. The molecule has 0 amide bonds. The Hall–Kier alpha value is -0.120. The van der Waals surface area contributed by atoms with Gasteiger partial charge in [0.2, 0.25) is 0 Å². The van der Waals surface area contributed by atoms with Crippen LogP contribution in [-0.2, 0) is 9.47 Å². The summed E-state index contributed by atoms with van der Waals surface area (Å²) < 4.78 is 11.0. The predicted octanol–water partition coefficient (Wildman–Crippen LogP) is 1.91. The largest absolute Gasteiger partial charge is 0.380 e. The van der Waals surface area contributed by atoms with Gasteiger partial charge in [0.1, 0.15) is 0 Å². The predicted molar refractivity (Wildman–Crippen MR) is 62.2 cm³/mol. The van der Waals surface area contributed by atoms with Gasteiger partial charge in [-0.25, -0.2) is 0 Å². The third-order valence-electron chi connectivity index (χ3n) is 2.72. The summed E-state index contributed by atoms with van der Waals surface area (Å²) in [4.78, 5) is 2.46. The lowest BCUT2D eigenvalue weighted by molar-refractivity contribution is -0.00674. The third kappa shape index (κ3) is 5.50. The molecule has 1 fully saturated rings. The molecule has 0 spiro atoms. The van der Waals surface area contributed by atoms with E-state index < -0.39 is 0 Å². The zero-order valence-electron chi connectivity index (χ0n) is 10.6. The van der Waals surface area contributed by atoms with E-state index in [4.69, 9.17) is 9.47 Å². The molecule has 0 N–H and O–H groups in total. The summed E-state index contributed by atoms with van der Waals surface area (Å²) in [6, 6.07) is 0. The fourth-order valence-electron chi connectivity index (χ4n) is 1.86. The second-order valence-electron chi connectivity index (χ2n) is 5.26. The number of nitrogens with zero attached hydrogens (tertiary/aromatic N) is 1. The highest BCUT2D eigenvalue weighted by Crippen LogP contribution is 2.12. The van der Waals surface area contributed by atoms with Crippen LogP contribution in [-0.4, -0.2) is 50.0 Å². The minimum Gasteiger partial charge on any atom is -0.380 e. The van der Waals surface area contributed by atoms with Crippen molar-refractivity contribution < 1.29 is 9.47 Å². The van der Waals surface area contributed by atoms with Gasteiger partial charge in [-0.2, -0.15) is 0 Å². The van der Waals surface area contributed by atoms with Crippen molar-refractivity contribution in [2.45, 2.75) is 45.3 Å². The molecule has 0 aliphatic carbocycles. The highest BCUT2D eigenvalue weighted by atomic mass is 16.5. The molecule has 0 aromatic heterocycles. The zero-order valence-corrected chi connectivity index (χ0v) is 10.6.